The van der Waals surface area contributed by atoms with Crippen LogP contribution in [0.3, 0.4) is 0 Å². The van der Waals surface area contributed by atoms with E-state index in [-0.39, 0.29) is 11.2 Å². The van der Waals surface area contributed by atoms with Crippen molar-refractivity contribution in [1.82, 2.24) is 0 Å². The van der Waals surface area contributed by atoms with E-state index in [4.69, 9.17) is 8.83 Å². The first kappa shape index (κ1) is 53.1. The molecule has 0 saturated heterocycles. The third-order valence-electron chi connectivity index (χ3n) is 18.0. The van der Waals surface area contributed by atoms with Crippen LogP contribution in [0.25, 0.3) is 76.5 Å². The van der Waals surface area contributed by atoms with Crippen LogP contribution >= 0.6 is 0 Å². The fraction of sp³-hybridized carbons (Fsp3) is 0.0390. The van der Waals surface area contributed by atoms with Crippen molar-refractivity contribution < 1.29 is 44.0 Å². The Bertz CT molecular complexity index is 5140. The normalized spacial score (nSPS) is 13.4. The summed E-state index contributed by atoms with van der Waals surface area (Å²) in [4.78, 5) is 6.03. The van der Waals surface area contributed by atoms with Crippen molar-refractivity contribution in [2.45, 2.75) is 17.8 Å². The number of hydrogen-bond donors (Lipinski definition) is 0. The number of nitrogens with zero attached hydrogens (tertiary/aromatic N) is 3. The first-order valence-corrected chi connectivity index (χ1v) is 29.1. The Balaban J connectivity index is 1.04. The lowest BCUT2D eigenvalue weighted by Gasteiger charge is -2.45. The highest BCUT2D eigenvalue weighted by atomic mass is 19.4. The number of fused-ring (bicyclic) bond motifs is 19. The minimum atomic E-state index is -4.66. The molecule has 0 bridgehead atoms. The number of halogens is 8. The van der Waals surface area contributed by atoms with Gasteiger partial charge in [-0.15, -0.1) is 0 Å². The Morgan fingerprint density at radius 2 is 0.667 bits per heavy atom. The molecule has 0 fully saturated rings. The molecule has 13 aromatic carbocycles. The SMILES string of the molecule is Fc1cccc2c1oc1c(N(c3ccc(C(F)(F)F)cc3)c3cc4c(c5ccccc35)-c3c(cc(N(c5ccc(C(F)(F)F)cc5)c5cccc6c5oc5c(F)cccc56)c5ccccc35)C43c4ccccc4N(c4ccccc4)c4ccccc43)cccc12. The van der Waals surface area contributed by atoms with E-state index >= 15 is 8.78 Å². The number of hydrogen-bond acceptors (Lipinski definition) is 5. The summed E-state index contributed by atoms with van der Waals surface area (Å²) in [7, 11) is 0. The van der Waals surface area contributed by atoms with E-state index in [1.165, 1.54) is 36.4 Å². The van der Waals surface area contributed by atoms with Crippen molar-refractivity contribution in [2.75, 3.05) is 14.7 Å². The summed E-state index contributed by atoms with van der Waals surface area (Å²) < 4.78 is 133. The lowest BCUT2D eigenvalue weighted by Crippen LogP contribution is -2.36. The molecule has 434 valence electrons. The van der Waals surface area contributed by atoms with Crippen molar-refractivity contribution >= 4 is 117 Å². The second kappa shape index (κ2) is 19.4. The summed E-state index contributed by atoms with van der Waals surface area (Å²) in [6.45, 7) is 0. The maximum atomic E-state index is 15.9. The number of furan rings is 2. The van der Waals surface area contributed by atoms with Crippen molar-refractivity contribution in [1.29, 1.82) is 0 Å². The molecule has 0 radical (unpaired) electrons. The number of benzene rings is 13. The zero-order valence-electron chi connectivity index (χ0n) is 47.0. The first-order chi connectivity index (χ1) is 43.8. The Morgan fingerprint density at radius 1 is 0.311 bits per heavy atom. The van der Waals surface area contributed by atoms with Crippen LogP contribution in [0.5, 0.6) is 0 Å². The number of rotatable bonds is 7. The van der Waals surface area contributed by atoms with Gasteiger partial charge >= 0.3 is 12.4 Å². The average Bonchev–Trinajstić information content (AvgIpc) is 1.45. The van der Waals surface area contributed by atoms with Crippen LogP contribution in [0, 0.1) is 11.6 Å². The third kappa shape index (κ3) is 7.61. The molecule has 3 heterocycles. The molecule has 1 aliphatic carbocycles. The van der Waals surface area contributed by atoms with Crippen LogP contribution in [-0.4, -0.2) is 0 Å². The molecule has 1 spiro atoms. The highest BCUT2D eigenvalue weighted by molar-refractivity contribution is 6.21. The maximum Gasteiger partial charge on any atom is 0.416 e. The van der Waals surface area contributed by atoms with E-state index in [0.29, 0.717) is 77.6 Å². The second-order valence-corrected chi connectivity index (χ2v) is 22.7. The predicted octanol–water partition coefficient (Wildman–Crippen LogP) is 23.2. The average molecular weight is 1190 g/mol. The zero-order chi connectivity index (χ0) is 60.9. The smallest absolute Gasteiger partial charge is 0.416 e. The molecule has 0 atom stereocenters. The van der Waals surface area contributed by atoms with Crippen LogP contribution in [0.1, 0.15) is 33.4 Å². The van der Waals surface area contributed by atoms with Gasteiger partial charge in [0.2, 0.25) is 0 Å². The highest BCUT2D eigenvalue weighted by Gasteiger charge is 2.54. The van der Waals surface area contributed by atoms with Gasteiger partial charge in [-0.3, -0.25) is 0 Å². The molecule has 0 amide bonds. The van der Waals surface area contributed by atoms with Gasteiger partial charge in [-0.2, -0.15) is 26.3 Å². The molecule has 0 saturated carbocycles. The van der Waals surface area contributed by atoms with E-state index in [1.807, 2.05) is 125 Å². The van der Waals surface area contributed by atoms with Gasteiger partial charge in [0.1, 0.15) is 0 Å². The topological polar surface area (TPSA) is 36.0 Å². The molecule has 0 N–H and O–H groups in total. The molecular weight excluding hydrogens is 1150 g/mol. The van der Waals surface area contributed by atoms with Gasteiger partial charge in [0.15, 0.2) is 34.0 Å². The standard InChI is InChI=1S/C77H43F8N3O2/c78-61-28-12-22-53-55-24-14-32-65(73(55)89-71(53)61)87(47-38-34-44(35-39-47)76(80,81)82)67-42-59-69(51-20-6-4-18-49(51)67)70-52-21-7-5-19-50(52)68(43-60(70)75(59)57-26-8-10-30-63(57)86(46-16-2-1-3-17-46)64-31-11-9-27-58(64)75)88(48-40-36-45(37-41-48)77(83,84)85)66-33-15-25-56-54-23-13-29-62(79)72(54)90-74(56)66/h1-43H. The van der Waals surface area contributed by atoms with Crippen LogP contribution in [0.15, 0.2) is 270 Å². The molecule has 15 aromatic rings. The summed E-state index contributed by atoms with van der Waals surface area (Å²) in [6.07, 6.45) is -9.32. The lowest BCUT2D eigenvalue weighted by atomic mass is 9.64. The van der Waals surface area contributed by atoms with Crippen molar-refractivity contribution in [2.24, 2.45) is 0 Å². The molecule has 90 heavy (non-hydrogen) atoms. The van der Waals surface area contributed by atoms with Crippen LogP contribution < -0.4 is 14.7 Å². The van der Waals surface area contributed by atoms with Gasteiger partial charge in [-0.1, -0.05) is 152 Å². The molecule has 0 unspecified atom stereocenters. The van der Waals surface area contributed by atoms with Gasteiger partial charge in [0, 0.05) is 49.4 Å². The van der Waals surface area contributed by atoms with Crippen LogP contribution in [0.2, 0.25) is 0 Å². The quantitative estimate of drug-likeness (QED) is 0.149. The molecule has 13 heteroatoms. The summed E-state index contributed by atoms with van der Waals surface area (Å²) in [5, 5.41) is 5.21. The van der Waals surface area contributed by atoms with E-state index in [9.17, 15) is 26.3 Å². The minimum absolute atomic E-state index is 0.0238. The lowest BCUT2D eigenvalue weighted by molar-refractivity contribution is -0.138. The van der Waals surface area contributed by atoms with Crippen molar-refractivity contribution in [3.05, 3.63) is 306 Å². The zero-order valence-corrected chi connectivity index (χ0v) is 47.0. The Morgan fingerprint density at radius 3 is 1.09 bits per heavy atom. The third-order valence-corrected chi connectivity index (χ3v) is 18.0. The number of anilines is 9. The highest BCUT2D eigenvalue weighted by Crippen LogP contribution is 2.68. The van der Waals surface area contributed by atoms with Gasteiger partial charge in [0.05, 0.1) is 50.7 Å². The fourth-order valence-corrected chi connectivity index (χ4v) is 14.3. The van der Waals surface area contributed by atoms with Crippen LogP contribution in [-0.2, 0) is 17.8 Å². The maximum absolute atomic E-state index is 15.9. The van der Waals surface area contributed by atoms with Crippen molar-refractivity contribution in [3.63, 3.8) is 0 Å². The molecule has 2 aliphatic rings. The van der Waals surface area contributed by atoms with Gasteiger partial charge in [0.25, 0.3) is 0 Å². The van der Waals surface area contributed by atoms with E-state index < -0.39 is 40.5 Å². The second-order valence-electron chi connectivity index (χ2n) is 22.7. The van der Waals surface area contributed by atoms with Crippen LogP contribution in [0.4, 0.5) is 86.3 Å². The largest absolute Gasteiger partial charge is 0.451 e. The first-order valence-electron chi connectivity index (χ1n) is 29.1. The van der Waals surface area contributed by atoms with E-state index in [2.05, 4.69) is 65.6 Å². The van der Waals surface area contributed by atoms with Gasteiger partial charge < -0.3 is 23.5 Å². The van der Waals surface area contributed by atoms with Gasteiger partial charge in [-0.25, -0.2) is 8.78 Å². The molecule has 5 nitrogen and oxygen atoms in total. The predicted molar refractivity (Wildman–Crippen MR) is 341 cm³/mol. The number of alkyl halides is 6. The molecular formula is C77H43F8N3O2. The Kier molecular flexibility index (Phi) is 11.4. The van der Waals surface area contributed by atoms with Crippen molar-refractivity contribution in [3.8, 4) is 11.1 Å². The summed E-state index contributed by atoms with van der Waals surface area (Å²) in [6, 6.07) is 76.9. The van der Waals surface area contributed by atoms with E-state index in [1.54, 1.807) is 24.3 Å². The molecule has 2 aromatic heterocycles. The Hall–Kier alpha value is -11.2. The Labute approximate surface area is 507 Å². The summed E-state index contributed by atoms with van der Waals surface area (Å²) in [5.74, 6) is -1.16. The molecule has 1 aliphatic heterocycles. The number of para-hydroxylation sites is 7. The minimum Gasteiger partial charge on any atom is -0.451 e. The summed E-state index contributed by atoms with van der Waals surface area (Å²) in [5.41, 5.74) is 7.94. The monoisotopic (exact) mass is 1190 g/mol. The van der Waals surface area contributed by atoms with E-state index in [0.717, 1.165) is 85.5 Å². The molecule has 17 rings (SSSR count). The summed E-state index contributed by atoms with van der Waals surface area (Å²) >= 11 is 0. The van der Waals surface area contributed by atoms with Gasteiger partial charge in [-0.05, 0) is 153 Å². The fourth-order valence-electron chi connectivity index (χ4n) is 14.3.